The average molecular weight is 524 g/mol. The minimum absolute atomic E-state index is 0.158. The summed E-state index contributed by atoms with van der Waals surface area (Å²) in [5.41, 5.74) is -0.610. The van der Waals surface area contributed by atoms with Crippen LogP contribution in [0.1, 0.15) is 41.8 Å². The Labute approximate surface area is 197 Å². The van der Waals surface area contributed by atoms with E-state index in [-0.39, 0.29) is 42.1 Å². The fourth-order valence-electron chi connectivity index (χ4n) is 4.09. The van der Waals surface area contributed by atoms with Gasteiger partial charge in [-0.05, 0) is 59.1 Å². The van der Waals surface area contributed by atoms with Crippen molar-refractivity contribution in [3.05, 3.63) is 44.8 Å². The van der Waals surface area contributed by atoms with E-state index in [1.807, 2.05) is 0 Å². The first-order chi connectivity index (χ1) is 15.4. The van der Waals surface area contributed by atoms with Crippen LogP contribution < -0.4 is 15.5 Å². The van der Waals surface area contributed by atoms with Crippen molar-refractivity contribution in [1.29, 1.82) is 0 Å². The molecule has 2 aliphatic rings. The molecule has 4 rings (SSSR count). The second kappa shape index (κ2) is 9.68. The largest absolute Gasteiger partial charge is 0.379 e. The van der Waals surface area contributed by atoms with E-state index in [1.165, 1.54) is 28.4 Å². The van der Waals surface area contributed by atoms with Gasteiger partial charge in [0.15, 0.2) is 0 Å². The number of amides is 3. The maximum absolute atomic E-state index is 14.8. The first-order valence-electron chi connectivity index (χ1n) is 10.4. The smallest absolute Gasteiger partial charge is 0.262 e. The summed E-state index contributed by atoms with van der Waals surface area (Å²) < 4.78 is 21.0. The molecule has 1 aliphatic carbocycles. The summed E-state index contributed by atoms with van der Waals surface area (Å²) in [6.45, 7) is 0.934. The summed E-state index contributed by atoms with van der Waals surface area (Å²) in [6, 6.07) is 7.74. The molecule has 1 aromatic carbocycles. The normalized spacial score (nSPS) is 18.3. The third-order valence-electron chi connectivity index (χ3n) is 5.76. The van der Waals surface area contributed by atoms with E-state index in [4.69, 9.17) is 4.74 Å². The predicted octanol–water partition coefficient (Wildman–Crippen LogP) is 4.08. The number of rotatable bonds is 5. The molecule has 1 aliphatic heterocycles. The summed E-state index contributed by atoms with van der Waals surface area (Å²) >= 11 is 4.64. The molecule has 1 aromatic heterocycles. The summed E-state index contributed by atoms with van der Waals surface area (Å²) in [5.74, 6) is -1.48. The zero-order valence-corrected chi connectivity index (χ0v) is 19.7. The quantitative estimate of drug-likeness (QED) is 0.617. The van der Waals surface area contributed by atoms with Gasteiger partial charge in [0, 0.05) is 12.2 Å². The average Bonchev–Trinajstić information content (AvgIpc) is 3.36. The molecule has 2 fully saturated rings. The van der Waals surface area contributed by atoms with Crippen molar-refractivity contribution in [1.82, 2.24) is 5.32 Å². The van der Waals surface area contributed by atoms with Gasteiger partial charge in [0.1, 0.15) is 11.4 Å². The lowest BCUT2D eigenvalue weighted by Crippen LogP contribution is -2.54. The number of hydrogen-bond acceptors (Lipinski definition) is 5. The SMILES string of the molecule is O=C(NC1(C(=O)Nc2ccc(N3CCOCCC3=O)c(F)c2)CCCC1)c1ccc(Br)s1. The Morgan fingerprint density at radius 3 is 2.62 bits per heavy atom. The monoisotopic (exact) mass is 523 g/mol. The maximum Gasteiger partial charge on any atom is 0.262 e. The number of hydrogen-bond donors (Lipinski definition) is 2. The van der Waals surface area contributed by atoms with Crippen molar-refractivity contribution in [3.63, 3.8) is 0 Å². The number of halogens is 2. The number of thiophene rings is 1. The molecule has 0 spiro atoms. The Kier molecular flexibility index (Phi) is 6.92. The Morgan fingerprint density at radius 1 is 1.16 bits per heavy atom. The zero-order chi connectivity index (χ0) is 22.7. The van der Waals surface area contributed by atoms with Crippen LogP contribution in [0.3, 0.4) is 0 Å². The molecular weight excluding hydrogens is 501 g/mol. The molecule has 0 radical (unpaired) electrons. The highest BCUT2D eigenvalue weighted by Crippen LogP contribution is 2.33. The van der Waals surface area contributed by atoms with Crippen molar-refractivity contribution in [2.24, 2.45) is 0 Å². The Bertz CT molecular complexity index is 1040. The van der Waals surface area contributed by atoms with Crippen molar-refractivity contribution >= 4 is 56.4 Å². The summed E-state index contributed by atoms with van der Waals surface area (Å²) in [6.07, 6.45) is 2.85. The van der Waals surface area contributed by atoms with Gasteiger partial charge in [0.05, 0.1) is 34.0 Å². The van der Waals surface area contributed by atoms with Crippen molar-refractivity contribution in [2.75, 3.05) is 30.0 Å². The number of anilines is 2. The summed E-state index contributed by atoms with van der Waals surface area (Å²) in [7, 11) is 0. The molecule has 0 bridgehead atoms. The van der Waals surface area contributed by atoms with E-state index in [1.54, 1.807) is 18.2 Å². The first kappa shape index (κ1) is 22.9. The van der Waals surface area contributed by atoms with Crippen molar-refractivity contribution in [3.8, 4) is 0 Å². The second-order valence-electron chi connectivity index (χ2n) is 7.88. The molecule has 0 atom stereocenters. The lowest BCUT2D eigenvalue weighted by atomic mass is 9.95. The maximum atomic E-state index is 14.8. The third kappa shape index (κ3) is 4.87. The highest BCUT2D eigenvalue weighted by molar-refractivity contribution is 9.11. The first-order valence-corrected chi connectivity index (χ1v) is 12.1. The van der Waals surface area contributed by atoms with E-state index in [0.717, 1.165) is 16.6 Å². The number of benzene rings is 1. The van der Waals surface area contributed by atoms with Gasteiger partial charge >= 0.3 is 0 Å². The van der Waals surface area contributed by atoms with Crippen LogP contribution in [0.4, 0.5) is 15.8 Å². The van der Waals surface area contributed by atoms with E-state index in [0.29, 0.717) is 30.9 Å². The van der Waals surface area contributed by atoms with Gasteiger partial charge < -0.3 is 20.3 Å². The van der Waals surface area contributed by atoms with Gasteiger partial charge in [-0.15, -0.1) is 11.3 Å². The number of ether oxygens (including phenoxy) is 1. The van der Waals surface area contributed by atoms with Crippen LogP contribution in [0.25, 0.3) is 0 Å². The van der Waals surface area contributed by atoms with Crippen LogP contribution in [0.2, 0.25) is 0 Å². The minimum atomic E-state index is -1.04. The van der Waals surface area contributed by atoms with Crippen molar-refractivity contribution in [2.45, 2.75) is 37.6 Å². The van der Waals surface area contributed by atoms with Crippen LogP contribution in [0.15, 0.2) is 34.1 Å². The van der Waals surface area contributed by atoms with E-state index in [2.05, 4.69) is 26.6 Å². The molecule has 2 aromatic rings. The standard InChI is InChI=1S/C22H23BrFN3O4S/c23-18-6-5-17(32-18)20(29)26-22(8-1-2-9-22)21(30)25-14-3-4-16(15(24)13-14)27-10-12-31-11-7-19(27)28/h3-6,13H,1-2,7-12H2,(H,25,30)(H,26,29). The molecule has 2 heterocycles. The van der Waals surface area contributed by atoms with Crippen LogP contribution >= 0.6 is 27.3 Å². The number of carbonyl (C=O) groups is 3. The Hall–Kier alpha value is -2.30. The fourth-order valence-corrected chi connectivity index (χ4v) is 5.37. The number of carbonyl (C=O) groups excluding carboxylic acids is 3. The Balaban J connectivity index is 1.49. The highest BCUT2D eigenvalue weighted by atomic mass is 79.9. The summed E-state index contributed by atoms with van der Waals surface area (Å²) in [5, 5.41) is 5.66. The zero-order valence-electron chi connectivity index (χ0n) is 17.3. The van der Waals surface area contributed by atoms with Gasteiger partial charge in [0.2, 0.25) is 11.8 Å². The summed E-state index contributed by atoms with van der Waals surface area (Å²) in [4.78, 5) is 40.0. The minimum Gasteiger partial charge on any atom is -0.379 e. The van der Waals surface area contributed by atoms with Gasteiger partial charge in [-0.25, -0.2) is 4.39 Å². The van der Waals surface area contributed by atoms with Gasteiger partial charge in [0.25, 0.3) is 5.91 Å². The number of nitrogens with zero attached hydrogens (tertiary/aromatic N) is 1. The predicted molar refractivity (Wildman–Crippen MR) is 124 cm³/mol. The van der Waals surface area contributed by atoms with Gasteiger partial charge in [-0.2, -0.15) is 0 Å². The molecule has 32 heavy (non-hydrogen) atoms. The molecule has 10 heteroatoms. The molecule has 2 N–H and O–H groups in total. The molecule has 1 saturated carbocycles. The van der Waals surface area contributed by atoms with E-state index >= 15 is 0 Å². The molecule has 170 valence electrons. The Morgan fingerprint density at radius 2 is 1.94 bits per heavy atom. The van der Waals surface area contributed by atoms with Crippen LogP contribution in [0, 0.1) is 5.82 Å². The van der Waals surface area contributed by atoms with Crippen LogP contribution in [-0.4, -0.2) is 43.0 Å². The number of nitrogens with one attached hydrogen (secondary N) is 2. The van der Waals surface area contributed by atoms with E-state index in [9.17, 15) is 18.8 Å². The molecular formula is C22H23BrFN3O4S. The van der Waals surface area contributed by atoms with Gasteiger partial charge in [-0.3, -0.25) is 14.4 Å². The molecule has 1 saturated heterocycles. The van der Waals surface area contributed by atoms with Crippen LogP contribution in [0.5, 0.6) is 0 Å². The van der Waals surface area contributed by atoms with Crippen molar-refractivity contribution < 1.29 is 23.5 Å². The highest BCUT2D eigenvalue weighted by Gasteiger charge is 2.43. The molecule has 0 unspecified atom stereocenters. The fraction of sp³-hybridized carbons (Fsp3) is 0.409. The second-order valence-corrected chi connectivity index (χ2v) is 10.3. The third-order valence-corrected chi connectivity index (χ3v) is 7.38. The lowest BCUT2D eigenvalue weighted by Gasteiger charge is -2.29. The molecule has 3 amide bonds. The topological polar surface area (TPSA) is 87.7 Å². The van der Waals surface area contributed by atoms with Crippen LogP contribution in [-0.2, 0) is 14.3 Å². The van der Waals surface area contributed by atoms with E-state index < -0.39 is 11.4 Å². The molecule has 7 nitrogen and oxygen atoms in total. The lowest BCUT2D eigenvalue weighted by molar-refractivity contribution is -0.122. The van der Waals surface area contributed by atoms with Gasteiger partial charge in [-0.1, -0.05) is 12.8 Å².